The molecule has 1 aliphatic heterocycles. The summed E-state index contributed by atoms with van der Waals surface area (Å²) >= 11 is 6.04. The van der Waals surface area contributed by atoms with Crippen LogP contribution < -0.4 is 10.1 Å². The van der Waals surface area contributed by atoms with Crippen LogP contribution in [0.4, 0.5) is 19.0 Å². The molecule has 0 saturated heterocycles. The van der Waals surface area contributed by atoms with E-state index in [1.807, 2.05) is 6.92 Å². The maximum atomic E-state index is 13.6. The molecule has 0 unspecified atom stereocenters. The van der Waals surface area contributed by atoms with Gasteiger partial charge in [-0.25, -0.2) is 15.0 Å². The number of halogens is 4. The summed E-state index contributed by atoms with van der Waals surface area (Å²) < 4.78 is 46.4. The highest BCUT2D eigenvalue weighted by atomic mass is 35.5. The van der Waals surface area contributed by atoms with Crippen molar-refractivity contribution in [1.29, 1.82) is 0 Å². The van der Waals surface area contributed by atoms with Crippen molar-refractivity contribution in [1.82, 2.24) is 15.0 Å². The molecule has 5 nitrogen and oxygen atoms in total. The Morgan fingerprint density at radius 3 is 2.76 bits per heavy atom. The molecule has 0 spiro atoms. The molecule has 3 aromatic rings. The van der Waals surface area contributed by atoms with E-state index < -0.39 is 17.8 Å². The average molecular weight is 423 g/mol. The Balaban J connectivity index is 1.89. The highest BCUT2D eigenvalue weighted by Crippen LogP contribution is 2.41. The van der Waals surface area contributed by atoms with Gasteiger partial charge in [0.25, 0.3) is 0 Å². The summed E-state index contributed by atoms with van der Waals surface area (Å²) in [6, 6.07) is 5.19. The number of pyridine rings is 1. The molecule has 0 saturated carbocycles. The third-order valence-corrected chi connectivity index (χ3v) is 5.18. The molecular weight excluding hydrogens is 405 g/mol. The number of ether oxygens (including phenoxy) is 1. The Bertz CT molecular complexity index is 1070. The highest BCUT2D eigenvalue weighted by Gasteiger charge is 2.36. The number of nitrogens with zero attached hydrogens (tertiary/aromatic N) is 3. The second-order valence-electron chi connectivity index (χ2n) is 7.08. The Morgan fingerprint density at radius 2 is 2.00 bits per heavy atom. The van der Waals surface area contributed by atoms with Gasteiger partial charge in [0.2, 0.25) is 0 Å². The minimum Gasteiger partial charge on any atom is -0.493 e. The molecule has 1 aliphatic rings. The highest BCUT2D eigenvalue weighted by molar-refractivity contribution is 6.30. The van der Waals surface area contributed by atoms with Gasteiger partial charge in [-0.3, -0.25) is 0 Å². The van der Waals surface area contributed by atoms with Crippen molar-refractivity contribution in [3.8, 4) is 5.75 Å². The van der Waals surface area contributed by atoms with Crippen LogP contribution in [0.5, 0.6) is 5.75 Å². The van der Waals surface area contributed by atoms with Crippen LogP contribution in [0.1, 0.15) is 49.2 Å². The minimum atomic E-state index is -4.51. The van der Waals surface area contributed by atoms with Crippen molar-refractivity contribution in [2.24, 2.45) is 0 Å². The van der Waals surface area contributed by atoms with Crippen LogP contribution in [0.15, 0.2) is 30.5 Å². The van der Waals surface area contributed by atoms with E-state index in [4.69, 9.17) is 16.3 Å². The molecule has 0 aliphatic carbocycles. The summed E-state index contributed by atoms with van der Waals surface area (Å²) in [6.45, 7) is 3.79. The van der Waals surface area contributed by atoms with Gasteiger partial charge >= 0.3 is 6.18 Å². The molecule has 3 heterocycles. The van der Waals surface area contributed by atoms with E-state index in [0.717, 1.165) is 6.07 Å². The molecule has 29 heavy (non-hydrogen) atoms. The predicted octanol–water partition coefficient (Wildman–Crippen LogP) is 5.76. The van der Waals surface area contributed by atoms with E-state index >= 15 is 0 Å². The largest absolute Gasteiger partial charge is 0.493 e. The number of hydrogen-bond acceptors (Lipinski definition) is 5. The standard InChI is InChI=1S/C20H18ClF3N4O/c1-10-6-7-29-17-12(4-3-5-14(17)20(22,23)24)11(2)26-19-13-8-16(21)25-9-15(13)27-18(10)28-19/h3-5,8-11H,6-7H2,1-2H3,(H,26,27,28)/t10-,11-/m1/s1. The van der Waals surface area contributed by atoms with Crippen molar-refractivity contribution >= 4 is 28.3 Å². The molecule has 1 N–H and O–H groups in total. The van der Waals surface area contributed by atoms with Gasteiger partial charge in [-0.2, -0.15) is 13.2 Å². The smallest absolute Gasteiger partial charge is 0.419 e. The van der Waals surface area contributed by atoms with Crippen LogP contribution in [-0.2, 0) is 6.18 Å². The molecule has 2 bridgehead atoms. The van der Waals surface area contributed by atoms with Gasteiger partial charge in [0.15, 0.2) is 0 Å². The first-order valence-electron chi connectivity index (χ1n) is 9.16. The van der Waals surface area contributed by atoms with E-state index in [2.05, 4.69) is 20.3 Å². The van der Waals surface area contributed by atoms with Crippen molar-refractivity contribution in [2.75, 3.05) is 11.9 Å². The fourth-order valence-corrected chi connectivity index (χ4v) is 3.54. The molecule has 0 radical (unpaired) electrons. The zero-order valence-electron chi connectivity index (χ0n) is 15.7. The quantitative estimate of drug-likeness (QED) is 0.467. The second kappa shape index (κ2) is 7.33. The first kappa shape index (κ1) is 19.7. The van der Waals surface area contributed by atoms with Crippen molar-refractivity contribution in [3.63, 3.8) is 0 Å². The summed E-state index contributed by atoms with van der Waals surface area (Å²) in [4.78, 5) is 13.3. The van der Waals surface area contributed by atoms with Gasteiger partial charge < -0.3 is 10.1 Å². The van der Waals surface area contributed by atoms with Crippen LogP contribution in [0.3, 0.4) is 0 Å². The van der Waals surface area contributed by atoms with Gasteiger partial charge in [0.1, 0.15) is 22.5 Å². The zero-order valence-corrected chi connectivity index (χ0v) is 16.5. The van der Waals surface area contributed by atoms with Gasteiger partial charge in [-0.05, 0) is 25.5 Å². The number of para-hydroxylation sites is 1. The SMILES string of the molecule is C[C@@H]1CCOc2c(cccc2C(F)(F)F)[C@@H](C)Nc2nc1nc1cnc(Cl)cc21. The van der Waals surface area contributed by atoms with Gasteiger partial charge in [-0.15, -0.1) is 0 Å². The van der Waals surface area contributed by atoms with E-state index in [0.29, 0.717) is 34.5 Å². The maximum absolute atomic E-state index is 13.6. The molecule has 1 aromatic carbocycles. The number of aromatic nitrogens is 3. The normalized spacial score (nSPS) is 19.7. The first-order valence-corrected chi connectivity index (χ1v) is 9.54. The lowest BCUT2D eigenvalue weighted by Gasteiger charge is -2.22. The van der Waals surface area contributed by atoms with E-state index in [9.17, 15) is 13.2 Å². The van der Waals surface area contributed by atoms with Gasteiger partial charge in [0, 0.05) is 16.9 Å². The van der Waals surface area contributed by atoms with Crippen LogP contribution in [0.2, 0.25) is 5.15 Å². The Labute approximate surface area is 170 Å². The van der Waals surface area contributed by atoms with Crippen molar-refractivity contribution < 1.29 is 17.9 Å². The topological polar surface area (TPSA) is 59.9 Å². The number of alkyl halides is 3. The Kier molecular flexibility index (Phi) is 4.98. The lowest BCUT2D eigenvalue weighted by molar-refractivity contribution is -0.139. The molecule has 4 rings (SSSR count). The lowest BCUT2D eigenvalue weighted by Crippen LogP contribution is -2.15. The number of anilines is 1. The summed E-state index contributed by atoms with van der Waals surface area (Å²) in [7, 11) is 0. The first-order chi connectivity index (χ1) is 13.7. The molecule has 0 amide bonds. The molecular formula is C20H18ClF3N4O. The van der Waals surface area contributed by atoms with Crippen molar-refractivity contribution in [3.05, 3.63) is 52.6 Å². The lowest BCUT2D eigenvalue weighted by atomic mass is 10.0. The number of rotatable bonds is 0. The average Bonchev–Trinajstić information content (AvgIpc) is 2.68. The number of hydrogen-bond donors (Lipinski definition) is 1. The number of fused-ring (bicyclic) bond motifs is 5. The number of nitrogens with one attached hydrogen (secondary N) is 1. The minimum absolute atomic E-state index is 0.115. The van der Waals surface area contributed by atoms with E-state index in [1.165, 1.54) is 6.07 Å². The molecule has 152 valence electrons. The summed E-state index contributed by atoms with van der Waals surface area (Å²) in [5, 5.41) is 4.16. The number of benzene rings is 1. The summed E-state index contributed by atoms with van der Waals surface area (Å²) in [5.74, 6) is 0.797. The Morgan fingerprint density at radius 1 is 1.21 bits per heavy atom. The fourth-order valence-electron chi connectivity index (χ4n) is 3.38. The third-order valence-electron chi connectivity index (χ3n) is 4.97. The van der Waals surface area contributed by atoms with Crippen LogP contribution in [0.25, 0.3) is 10.9 Å². The fraction of sp³-hybridized carbons (Fsp3) is 0.350. The summed E-state index contributed by atoms with van der Waals surface area (Å²) in [6.07, 6.45) is -2.48. The second-order valence-corrected chi connectivity index (χ2v) is 7.47. The van der Waals surface area contributed by atoms with Gasteiger partial charge in [-0.1, -0.05) is 30.7 Å². The molecule has 9 heteroatoms. The molecule has 2 aromatic heterocycles. The van der Waals surface area contributed by atoms with Gasteiger partial charge in [0.05, 0.1) is 29.9 Å². The van der Waals surface area contributed by atoms with E-state index in [-0.39, 0.29) is 23.4 Å². The molecule has 0 fully saturated rings. The predicted molar refractivity (Wildman–Crippen MR) is 104 cm³/mol. The van der Waals surface area contributed by atoms with Crippen LogP contribution in [-0.4, -0.2) is 21.6 Å². The third kappa shape index (κ3) is 3.81. The zero-order chi connectivity index (χ0) is 20.8. The maximum Gasteiger partial charge on any atom is 0.419 e. The van der Waals surface area contributed by atoms with Crippen LogP contribution >= 0.6 is 11.6 Å². The monoisotopic (exact) mass is 422 g/mol. The van der Waals surface area contributed by atoms with Crippen LogP contribution in [0, 0.1) is 0 Å². The van der Waals surface area contributed by atoms with Crippen molar-refractivity contribution in [2.45, 2.75) is 38.4 Å². The summed E-state index contributed by atoms with van der Waals surface area (Å²) in [5.41, 5.74) is 0.235. The molecule has 2 atom stereocenters. The Hall–Kier alpha value is -2.61. The van der Waals surface area contributed by atoms with E-state index in [1.54, 1.807) is 25.3 Å².